The predicted molar refractivity (Wildman–Crippen MR) is 119 cm³/mol. The number of para-hydroxylation sites is 1. The van der Waals surface area contributed by atoms with E-state index in [4.69, 9.17) is 0 Å². The van der Waals surface area contributed by atoms with Crippen LogP contribution in [0.4, 0.5) is 14.5 Å². The molecule has 0 atom stereocenters. The number of hydrogen-bond donors (Lipinski definition) is 1. The third-order valence-electron chi connectivity index (χ3n) is 4.77. The van der Waals surface area contributed by atoms with Gasteiger partial charge in [-0.1, -0.05) is 36.4 Å². The maximum absolute atomic E-state index is 14.4. The van der Waals surface area contributed by atoms with E-state index in [-0.39, 0.29) is 30.5 Å². The highest BCUT2D eigenvalue weighted by atomic mass is 32.2. The lowest BCUT2D eigenvalue weighted by Crippen LogP contribution is -2.40. The van der Waals surface area contributed by atoms with Crippen LogP contribution in [0, 0.1) is 11.6 Å². The number of carbonyl (C=O) groups excluding carboxylic acids is 1. The van der Waals surface area contributed by atoms with Crippen LogP contribution in [0.2, 0.25) is 0 Å². The van der Waals surface area contributed by atoms with Gasteiger partial charge in [0.25, 0.3) is 5.91 Å². The SMILES string of the molecule is CN(C)S(=O)(=O)N(Cc1ccc(C(=O)NCc2ccc(F)cc2)cc1)c1ccccc1F. The van der Waals surface area contributed by atoms with Gasteiger partial charge in [-0.3, -0.25) is 9.10 Å². The van der Waals surface area contributed by atoms with Gasteiger partial charge in [-0.25, -0.2) is 8.78 Å². The molecule has 3 rings (SSSR count). The van der Waals surface area contributed by atoms with E-state index in [1.165, 1.54) is 44.4 Å². The van der Waals surface area contributed by atoms with Crippen LogP contribution < -0.4 is 9.62 Å². The van der Waals surface area contributed by atoms with E-state index < -0.39 is 16.0 Å². The molecule has 0 bridgehead atoms. The highest BCUT2D eigenvalue weighted by molar-refractivity contribution is 7.90. The number of anilines is 1. The van der Waals surface area contributed by atoms with Crippen LogP contribution in [0.25, 0.3) is 0 Å². The number of carbonyl (C=O) groups is 1. The van der Waals surface area contributed by atoms with Crippen molar-refractivity contribution in [3.63, 3.8) is 0 Å². The average molecular weight is 460 g/mol. The molecular formula is C23H23F2N3O3S. The van der Waals surface area contributed by atoms with Gasteiger partial charge in [0.2, 0.25) is 0 Å². The van der Waals surface area contributed by atoms with Gasteiger partial charge in [0.05, 0.1) is 12.2 Å². The summed E-state index contributed by atoms with van der Waals surface area (Å²) in [5.74, 6) is -1.33. The summed E-state index contributed by atoms with van der Waals surface area (Å²) >= 11 is 0. The molecule has 6 nitrogen and oxygen atoms in total. The van der Waals surface area contributed by atoms with Gasteiger partial charge in [0, 0.05) is 26.2 Å². The summed E-state index contributed by atoms with van der Waals surface area (Å²) < 4.78 is 54.9. The molecule has 0 spiro atoms. The average Bonchev–Trinajstić information content (AvgIpc) is 2.77. The molecule has 0 heterocycles. The van der Waals surface area contributed by atoms with Gasteiger partial charge in [0.15, 0.2) is 0 Å². The number of halogens is 2. The summed E-state index contributed by atoms with van der Waals surface area (Å²) in [5, 5.41) is 2.74. The first-order valence-electron chi connectivity index (χ1n) is 9.75. The van der Waals surface area contributed by atoms with Crippen molar-refractivity contribution in [3.05, 3.63) is 101 Å². The van der Waals surface area contributed by atoms with Crippen LogP contribution in [0.3, 0.4) is 0 Å². The van der Waals surface area contributed by atoms with E-state index in [1.54, 1.807) is 42.5 Å². The van der Waals surface area contributed by atoms with Crippen molar-refractivity contribution in [2.24, 2.45) is 0 Å². The number of benzene rings is 3. The Morgan fingerprint density at radius 3 is 2.06 bits per heavy atom. The molecule has 0 aliphatic heterocycles. The molecule has 9 heteroatoms. The van der Waals surface area contributed by atoms with Crippen LogP contribution in [0.5, 0.6) is 0 Å². The zero-order chi connectivity index (χ0) is 23.3. The Morgan fingerprint density at radius 2 is 1.47 bits per heavy atom. The molecule has 1 N–H and O–H groups in total. The van der Waals surface area contributed by atoms with E-state index in [1.807, 2.05) is 0 Å². The highest BCUT2D eigenvalue weighted by Gasteiger charge is 2.27. The third-order valence-corrected chi connectivity index (χ3v) is 6.58. The van der Waals surface area contributed by atoms with Crippen LogP contribution >= 0.6 is 0 Å². The van der Waals surface area contributed by atoms with Crippen molar-refractivity contribution in [2.75, 3.05) is 18.4 Å². The number of nitrogens with zero attached hydrogens (tertiary/aromatic N) is 2. The molecule has 0 aliphatic carbocycles. The lowest BCUT2D eigenvalue weighted by atomic mass is 10.1. The Labute approximate surface area is 186 Å². The normalized spacial score (nSPS) is 11.4. The molecule has 3 aromatic rings. The Bertz CT molecular complexity index is 1180. The third kappa shape index (κ3) is 5.49. The minimum atomic E-state index is -3.96. The van der Waals surface area contributed by atoms with Gasteiger partial charge < -0.3 is 5.32 Å². The second-order valence-corrected chi connectivity index (χ2v) is 9.32. The van der Waals surface area contributed by atoms with Gasteiger partial charge >= 0.3 is 10.2 Å². The maximum Gasteiger partial charge on any atom is 0.303 e. The number of hydrogen-bond acceptors (Lipinski definition) is 3. The van der Waals surface area contributed by atoms with Crippen molar-refractivity contribution < 1.29 is 22.0 Å². The molecule has 0 saturated carbocycles. The standard InChI is InChI=1S/C23H23F2N3O3S/c1-27(2)32(30,31)28(22-6-4-3-5-21(22)25)16-18-7-11-19(12-8-18)23(29)26-15-17-9-13-20(24)14-10-17/h3-14H,15-16H2,1-2H3,(H,26,29). The first kappa shape index (κ1) is 23.4. The predicted octanol–water partition coefficient (Wildman–Crippen LogP) is 3.71. The summed E-state index contributed by atoms with van der Waals surface area (Å²) in [7, 11) is -1.22. The Hall–Kier alpha value is -3.30. The fourth-order valence-corrected chi connectivity index (χ4v) is 4.06. The maximum atomic E-state index is 14.4. The minimum absolute atomic E-state index is 0.0673. The van der Waals surface area contributed by atoms with Crippen molar-refractivity contribution in [3.8, 4) is 0 Å². The second kappa shape index (κ2) is 9.88. The minimum Gasteiger partial charge on any atom is -0.348 e. The Morgan fingerprint density at radius 1 is 0.875 bits per heavy atom. The number of nitrogens with one attached hydrogen (secondary N) is 1. The zero-order valence-corrected chi connectivity index (χ0v) is 18.4. The fourth-order valence-electron chi connectivity index (χ4n) is 2.96. The number of rotatable bonds is 8. The Balaban J connectivity index is 1.75. The van der Waals surface area contributed by atoms with Crippen LogP contribution in [-0.2, 0) is 23.3 Å². The second-order valence-electron chi connectivity index (χ2n) is 7.25. The summed E-state index contributed by atoms with van der Waals surface area (Å²) in [6, 6.07) is 17.8. The Kier molecular flexibility index (Phi) is 7.22. The monoisotopic (exact) mass is 459 g/mol. The highest BCUT2D eigenvalue weighted by Crippen LogP contribution is 2.25. The van der Waals surface area contributed by atoms with E-state index >= 15 is 0 Å². The molecule has 0 aromatic heterocycles. The topological polar surface area (TPSA) is 69.7 Å². The smallest absolute Gasteiger partial charge is 0.303 e. The quantitative estimate of drug-likeness (QED) is 0.558. The van der Waals surface area contributed by atoms with Gasteiger partial charge in [-0.05, 0) is 47.5 Å². The summed E-state index contributed by atoms with van der Waals surface area (Å²) in [6.45, 7) is 0.127. The van der Waals surface area contributed by atoms with Crippen molar-refractivity contribution >= 4 is 21.8 Å². The molecule has 168 valence electrons. The molecule has 3 aromatic carbocycles. The lowest BCUT2D eigenvalue weighted by Gasteiger charge is -2.27. The molecule has 0 aliphatic rings. The van der Waals surface area contributed by atoms with Crippen LogP contribution in [0.15, 0.2) is 72.8 Å². The summed E-state index contributed by atoms with van der Waals surface area (Å²) in [5.41, 5.74) is 1.64. The summed E-state index contributed by atoms with van der Waals surface area (Å²) in [4.78, 5) is 12.4. The molecule has 0 radical (unpaired) electrons. The molecule has 0 fully saturated rings. The van der Waals surface area contributed by atoms with Crippen molar-refractivity contribution in [2.45, 2.75) is 13.1 Å². The lowest BCUT2D eigenvalue weighted by molar-refractivity contribution is 0.0951. The van der Waals surface area contributed by atoms with E-state index in [9.17, 15) is 22.0 Å². The molecule has 32 heavy (non-hydrogen) atoms. The summed E-state index contributed by atoms with van der Waals surface area (Å²) in [6.07, 6.45) is 0. The van der Waals surface area contributed by atoms with Crippen LogP contribution in [-0.4, -0.2) is 32.7 Å². The van der Waals surface area contributed by atoms with E-state index in [0.717, 1.165) is 14.2 Å². The largest absolute Gasteiger partial charge is 0.348 e. The fraction of sp³-hybridized carbons (Fsp3) is 0.174. The molecular weight excluding hydrogens is 436 g/mol. The first-order valence-corrected chi connectivity index (χ1v) is 11.1. The first-order chi connectivity index (χ1) is 15.2. The van der Waals surface area contributed by atoms with E-state index in [2.05, 4.69) is 5.32 Å². The number of amides is 1. The molecule has 0 unspecified atom stereocenters. The van der Waals surface area contributed by atoms with Gasteiger partial charge in [0.1, 0.15) is 11.6 Å². The van der Waals surface area contributed by atoms with Gasteiger partial charge in [-0.15, -0.1) is 0 Å². The zero-order valence-electron chi connectivity index (χ0n) is 17.6. The van der Waals surface area contributed by atoms with Crippen molar-refractivity contribution in [1.82, 2.24) is 9.62 Å². The molecule has 0 saturated heterocycles. The van der Waals surface area contributed by atoms with Crippen molar-refractivity contribution in [1.29, 1.82) is 0 Å². The van der Waals surface area contributed by atoms with Crippen LogP contribution in [0.1, 0.15) is 21.5 Å². The molecule has 1 amide bonds. The van der Waals surface area contributed by atoms with Gasteiger partial charge in [-0.2, -0.15) is 12.7 Å². The van der Waals surface area contributed by atoms with E-state index in [0.29, 0.717) is 11.1 Å².